The van der Waals surface area contributed by atoms with Crippen molar-refractivity contribution >= 4 is 17.3 Å². The molecule has 1 aromatic heterocycles. The summed E-state index contributed by atoms with van der Waals surface area (Å²) in [7, 11) is 0. The Bertz CT molecular complexity index is 602. The van der Waals surface area contributed by atoms with Crippen LogP contribution < -0.4 is 0 Å². The Morgan fingerprint density at radius 3 is 2.56 bits per heavy atom. The van der Waals surface area contributed by atoms with E-state index in [0.29, 0.717) is 6.42 Å². The number of hydrogen-bond acceptors (Lipinski definition) is 3. The molecular weight excluding hydrogens is 246 g/mol. The van der Waals surface area contributed by atoms with Crippen LogP contribution in [0.5, 0.6) is 0 Å². The summed E-state index contributed by atoms with van der Waals surface area (Å²) < 4.78 is 0. The highest BCUT2D eigenvalue weighted by Gasteiger charge is 2.16. The van der Waals surface area contributed by atoms with Crippen LogP contribution in [0.4, 0.5) is 0 Å². The van der Waals surface area contributed by atoms with Gasteiger partial charge in [-0.2, -0.15) is 0 Å². The van der Waals surface area contributed by atoms with E-state index in [2.05, 4.69) is 18.0 Å². The summed E-state index contributed by atoms with van der Waals surface area (Å²) in [6.07, 6.45) is 0.699. The van der Waals surface area contributed by atoms with Gasteiger partial charge in [-0.15, -0.1) is 11.3 Å². The van der Waals surface area contributed by atoms with Gasteiger partial charge in [0.2, 0.25) is 0 Å². The highest BCUT2D eigenvalue weighted by molar-refractivity contribution is 7.15. The van der Waals surface area contributed by atoms with E-state index in [0.717, 1.165) is 15.4 Å². The average Bonchev–Trinajstić information content (AvgIpc) is 2.77. The molecule has 3 nitrogen and oxygen atoms in total. The molecule has 0 bridgehead atoms. The zero-order chi connectivity index (χ0) is 13.3. The number of carboxylic acid groups (broad SMARTS) is 1. The fourth-order valence-electron chi connectivity index (χ4n) is 1.76. The third-order valence-corrected chi connectivity index (χ3v) is 4.22. The van der Waals surface area contributed by atoms with Crippen LogP contribution in [0.2, 0.25) is 0 Å². The van der Waals surface area contributed by atoms with E-state index < -0.39 is 5.97 Å². The SMILES string of the molecule is CCc1sc(-c2ccc(C)c(C)c2)nc1C(=O)O. The molecule has 2 rings (SSSR count). The number of aryl methyl sites for hydroxylation is 3. The van der Waals surface area contributed by atoms with Gasteiger partial charge in [-0.25, -0.2) is 9.78 Å². The lowest BCUT2D eigenvalue weighted by atomic mass is 10.1. The first-order valence-corrected chi connectivity index (χ1v) is 6.65. The van der Waals surface area contributed by atoms with Crippen molar-refractivity contribution in [1.82, 2.24) is 4.98 Å². The minimum absolute atomic E-state index is 0.190. The smallest absolute Gasteiger partial charge is 0.355 e. The van der Waals surface area contributed by atoms with Crippen molar-refractivity contribution in [1.29, 1.82) is 0 Å². The van der Waals surface area contributed by atoms with Gasteiger partial charge in [-0.05, 0) is 37.5 Å². The van der Waals surface area contributed by atoms with Crippen LogP contribution >= 0.6 is 11.3 Å². The van der Waals surface area contributed by atoms with Gasteiger partial charge in [0, 0.05) is 10.4 Å². The van der Waals surface area contributed by atoms with Gasteiger partial charge in [0.25, 0.3) is 0 Å². The maximum absolute atomic E-state index is 11.1. The second-order valence-electron chi connectivity index (χ2n) is 4.25. The summed E-state index contributed by atoms with van der Waals surface area (Å²) in [5.74, 6) is -0.946. The zero-order valence-corrected chi connectivity index (χ0v) is 11.5. The molecule has 0 aliphatic rings. The molecule has 0 amide bonds. The Kier molecular flexibility index (Phi) is 3.48. The predicted octanol–water partition coefficient (Wildman–Crippen LogP) is 3.69. The predicted molar refractivity (Wildman–Crippen MR) is 73.4 cm³/mol. The first-order valence-electron chi connectivity index (χ1n) is 5.83. The number of aromatic nitrogens is 1. The molecule has 0 radical (unpaired) electrons. The molecule has 0 aliphatic carbocycles. The van der Waals surface area contributed by atoms with Gasteiger partial charge >= 0.3 is 5.97 Å². The lowest BCUT2D eigenvalue weighted by Crippen LogP contribution is -1.99. The number of hydrogen-bond donors (Lipinski definition) is 1. The van der Waals surface area contributed by atoms with Gasteiger partial charge in [0.15, 0.2) is 5.69 Å². The number of nitrogens with zero attached hydrogens (tertiary/aromatic N) is 1. The minimum Gasteiger partial charge on any atom is -0.476 e. The fourth-order valence-corrected chi connectivity index (χ4v) is 2.75. The molecule has 1 N–H and O–H groups in total. The lowest BCUT2D eigenvalue weighted by Gasteiger charge is -2.01. The number of aromatic carboxylic acids is 1. The van der Waals surface area contributed by atoms with Gasteiger partial charge in [0.1, 0.15) is 5.01 Å². The van der Waals surface area contributed by atoms with Crippen molar-refractivity contribution in [2.45, 2.75) is 27.2 Å². The van der Waals surface area contributed by atoms with Gasteiger partial charge in [-0.1, -0.05) is 19.1 Å². The van der Waals surface area contributed by atoms with E-state index in [-0.39, 0.29) is 5.69 Å². The summed E-state index contributed by atoms with van der Waals surface area (Å²) in [5, 5.41) is 9.88. The van der Waals surface area contributed by atoms with Crippen LogP contribution in [-0.2, 0) is 6.42 Å². The molecule has 0 aliphatic heterocycles. The fraction of sp³-hybridized carbons (Fsp3) is 0.286. The topological polar surface area (TPSA) is 50.2 Å². The quantitative estimate of drug-likeness (QED) is 0.916. The zero-order valence-electron chi connectivity index (χ0n) is 10.7. The van der Waals surface area contributed by atoms with Crippen LogP contribution in [0, 0.1) is 13.8 Å². The van der Waals surface area contributed by atoms with Gasteiger partial charge < -0.3 is 5.11 Å². The number of thiazole rings is 1. The molecule has 2 aromatic rings. The summed E-state index contributed by atoms with van der Waals surface area (Å²) in [5.41, 5.74) is 3.60. The van der Waals surface area contributed by atoms with Crippen molar-refractivity contribution in [3.63, 3.8) is 0 Å². The van der Waals surface area contributed by atoms with Gasteiger partial charge in [0.05, 0.1) is 0 Å². The Balaban J connectivity index is 2.50. The molecule has 0 spiro atoms. The maximum Gasteiger partial charge on any atom is 0.355 e. The highest BCUT2D eigenvalue weighted by atomic mass is 32.1. The van der Waals surface area contributed by atoms with Crippen molar-refractivity contribution in [3.05, 3.63) is 39.9 Å². The molecular formula is C14H15NO2S. The molecule has 0 saturated carbocycles. The Labute approximate surface area is 110 Å². The van der Waals surface area contributed by atoms with Crippen LogP contribution in [-0.4, -0.2) is 16.1 Å². The second-order valence-corrected chi connectivity index (χ2v) is 5.33. The van der Waals surface area contributed by atoms with E-state index in [1.165, 1.54) is 22.5 Å². The van der Waals surface area contributed by atoms with Crippen molar-refractivity contribution in [2.75, 3.05) is 0 Å². The van der Waals surface area contributed by atoms with E-state index in [1.54, 1.807) is 0 Å². The van der Waals surface area contributed by atoms with Crippen molar-refractivity contribution < 1.29 is 9.90 Å². The number of benzene rings is 1. The third kappa shape index (κ3) is 2.29. The number of rotatable bonds is 3. The summed E-state index contributed by atoms with van der Waals surface area (Å²) >= 11 is 1.46. The van der Waals surface area contributed by atoms with Crippen LogP contribution in [0.25, 0.3) is 10.6 Å². The Hall–Kier alpha value is -1.68. The van der Waals surface area contributed by atoms with E-state index in [1.807, 2.05) is 26.0 Å². The van der Waals surface area contributed by atoms with Crippen LogP contribution in [0.3, 0.4) is 0 Å². The standard InChI is InChI=1S/C14H15NO2S/c1-4-11-12(14(16)17)15-13(18-11)10-6-5-8(2)9(3)7-10/h5-7H,4H2,1-3H3,(H,16,17). The first kappa shape index (κ1) is 12.8. The van der Waals surface area contributed by atoms with E-state index >= 15 is 0 Å². The maximum atomic E-state index is 11.1. The first-order chi connectivity index (χ1) is 8.52. The minimum atomic E-state index is -0.946. The van der Waals surface area contributed by atoms with Crippen LogP contribution in [0.1, 0.15) is 33.4 Å². The highest BCUT2D eigenvalue weighted by Crippen LogP contribution is 2.29. The lowest BCUT2D eigenvalue weighted by molar-refractivity contribution is 0.0690. The van der Waals surface area contributed by atoms with Crippen molar-refractivity contribution in [2.24, 2.45) is 0 Å². The molecule has 1 aromatic carbocycles. The van der Waals surface area contributed by atoms with Crippen LogP contribution in [0.15, 0.2) is 18.2 Å². The molecule has 18 heavy (non-hydrogen) atoms. The largest absolute Gasteiger partial charge is 0.476 e. The second kappa shape index (κ2) is 4.90. The Morgan fingerprint density at radius 2 is 2.06 bits per heavy atom. The monoisotopic (exact) mass is 261 g/mol. The molecule has 1 heterocycles. The molecule has 4 heteroatoms. The van der Waals surface area contributed by atoms with Crippen molar-refractivity contribution in [3.8, 4) is 10.6 Å². The number of carbonyl (C=O) groups is 1. The molecule has 94 valence electrons. The Morgan fingerprint density at radius 1 is 1.33 bits per heavy atom. The summed E-state index contributed by atoms with van der Waals surface area (Å²) in [4.78, 5) is 16.2. The molecule has 0 fully saturated rings. The summed E-state index contributed by atoms with van der Waals surface area (Å²) in [6.45, 7) is 6.05. The molecule has 0 unspecified atom stereocenters. The van der Waals surface area contributed by atoms with E-state index in [4.69, 9.17) is 5.11 Å². The molecule has 0 atom stereocenters. The third-order valence-electron chi connectivity index (χ3n) is 2.97. The normalized spacial score (nSPS) is 10.6. The average molecular weight is 261 g/mol. The van der Waals surface area contributed by atoms with Gasteiger partial charge in [-0.3, -0.25) is 0 Å². The van der Waals surface area contributed by atoms with E-state index in [9.17, 15) is 4.79 Å². The molecule has 0 saturated heterocycles. The summed E-state index contributed by atoms with van der Waals surface area (Å²) in [6, 6.07) is 6.09. The number of carboxylic acids is 1.